The van der Waals surface area contributed by atoms with Gasteiger partial charge in [-0.2, -0.15) is 18.3 Å². The molecular weight excluding hydrogens is 385 g/mol. The molecule has 0 spiro atoms. The van der Waals surface area contributed by atoms with E-state index in [0.717, 1.165) is 23.5 Å². The van der Waals surface area contributed by atoms with E-state index >= 15 is 0 Å². The minimum atomic E-state index is -4.40. The normalized spacial score (nSPS) is 15.8. The smallest absolute Gasteiger partial charge is 0.379 e. The first kappa shape index (κ1) is 21.1. The summed E-state index contributed by atoms with van der Waals surface area (Å²) in [7, 11) is 0. The lowest BCUT2D eigenvalue weighted by atomic mass is 10.2. The van der Waals surface area contributed by atoms with Gasteiger partial charge in [0.25, 0.3) is 5.91 Å². The molecule has 0 unspecified atom stereocenters. The van der Waals surface area contributed by atoms with Crippen LogP contribution in [0.25, 0.3) is 5.69 Å². The molecule has 1 aromatic carbocycles. The summed E-state index contributed by atoms with van der Waals surface area (Å²) in [5.74, 6) is -0.227. The fourth-order valence-electron chi connectivity index (χ4n) is 3.31. The summed E-state index contributed by atoms with van der Waals surface area (Å²) in [6.45, 7) is 6.47. The third kappa shape index (κ3) is 5.24. The minimum Gasteiger partial charge on any atom is -0.379 e. The second-order valence-corrected chi connectivity index (χ2v) is 6.89. The van der Waals surface area contributed by atoms with Gasteiger partial charge in [-0.05, 0) is 38.1 Å². The zero-order valence-corrected chi connectivity index (χ0v) is 16.3. The number of alkyl halides is 3. The van der Waals surface area contributed by atoms with Crippen LogP contribution in [0.4, 0.5) is 13.2 Å². The van der Waals surface area contributed by atoms with Crippen LogP contribution in [0.3, 0.4) is 0 Å². The van der Waals surface area contributed by atoms with Crippen molar-refractivity contribution < 1.29 is 22.7 Å². The van der Waals surface area contributed by atoms with Crippen molar-refractivity contribution in [3.05, 3.63) is 52.8 Å². The average Bonchev–Trinajstić information content (AvgIpc) is 2.95. The summed E-state index contributed by atoms with van der Waals surface area (Å²) in [6.07, 6.45) is -2.90. The highest BCUT2D eigenvalue weighted by Gasteiger charge is 2.30. The monoisotopic (exact) mass is 408 g/mol. The summed E-state index contributed by atoms with van der Waals surface area (Å²) in [4.78, 5) is 14.0. The molecule has 1 amide bonds. The highest BCUT2D eigenvalue weighted by molar-refractivity contribution is 5.84. The number of hydrogen-bond donors (Lipinski definition) is 1. The van der Waals surface area contributed by atoms with Gasteiger partial charge in [0.2, 0.25) is 0 Å². The van der Waals surface area contributed by atoms with Gasteiger partial charge < -0.3 is 9.30 Å². The molecule has 0 aliphatic carbocycles. The number of benzene rings is 1. The van der Waals surface area contributed by atoms with Crippen LogP contribution < -0.4 is 5.43 Å². The quantitative estimate of drug-likeness (QED) is 0.612. The van der Waals surface area contributed by atoms with Gasteiger partial charge in [0.05, 0.1) is 31.5 Å². The van der Waals surface area contributed by atoms with E-state index in [2.05, 4.69) is 10.5 Å². The molecule has 1 aromatic heterocycles. The number of morpholine rings is 1. The van der Waals surface area contributed by atoms with Crippen LogP contribution in [0.5, 0.6) is 0 Å². The van der Waals surface area contributed by atoms with Crippen molar-refractivity contribution in [2.75, 3.05) is 32.8 Å². The van der Waals surface area contributed by atoms with Crippen molar-refractivity contribution >= 4 is 12.1 Å². The molecule has 0 saturated carbocycles. The second kappa shape index (κ2) is 8.79. The first-order chi connectivity index (χ1) is 13.8. The van der Waals surface area contributed by atoms with Crippen LogP contribution in [0.2, 0.25) is 0 Å². The van der Waals surface area contributed by atoms with Gasteiger partial charge in [-0.25, -0.2) is 5.43 Å². The predicted molar refractivity (Wildman–Crippen MR) is 103 cm³/mol. The predicted octanol–water partition coefficient (Wildman–Crippen LogP) is 2.90. The Labute approximate surface area is 166 Å². The molecule has 0 radical (unpaired) electrons. The summed E-state index contributed by atoms with van der Waals surface area (Å²) < 4.78 is 46.0. The largest absolute Gasteiger partial charge is 0.416 e. The van der Waals surface area contributed by atoms with Gasteiger partial charge in [-0.3, -0.25) is 9.69 Å². The molecule has 1 fully saturated rings. The van der Waals surface area contributed by atoms with E-state index in [-0.39, 0.29) is 12.5 Å². The number of aromatic nitrogens is 1. The van der Waals surface area contributed by atoms with E-state index in [4.69, 9.17) is 4.74 Å². The fraction of sp³-hybridized carbons (Fsp3) is 0.400. The number of amides is 1. The van der Waals surface area contributed by atoms with E-state index in [1.165, 1.54) is 12.3 Å². The number of rotatable bonds is 5. The first-order valence-corrected chi connectivity index (χ1v) is 9.24. The molecule has 1 aliphatic heterocycles. The molecule has 3 rings (SSSR count). The molecular formula is C20H23F3N4O2. The molecule has 6 nitrogen and oxygen atoms in total. The Kier molecular flexibility index (Phi) is 6.39. The number of carbonyl (C=O) groups is 1. The first-order valence-electron chi connectivity index (χ1n) is 9.24. The van der Waals surface area contributed by atoms with E-state index in [1.807, 2.05) is 17.9 Å². The zero-order valence-electron chi connectivity index (χ0n) is 16.3. The zero-order chi connectivity index (χ0) is 21.0. The highest BCUT2D eigenvalue weighted by Crippen LogP contribution is 2.31. The van der Waals surface area contributed by atoms with E-state index < -0.39 is 11.7 Å². The van der Waals surface area contributed by atoms with Crippen molar-refractivity contribution in [1.82, 2.24) is 14.9 Å². The Morgan fingerprint density at radius 2 is 1.97 bits per heavy atom. The van der Waals surface area contributed by atoms with Crippen LogP contribution in [-0.4, -0.2) is 54.4 Å². The number of aryl methyl sites for hydroxylation is 1. The van der Waals surface area contributed by atoms with E-state index in [9.17, 15) is 18.0 Å². The van der Waals surface area contributed by atoms with Crippen LogP contribution in [0.15, 0.2) is 35.4 Å². The number of halogens is 3. The van der Waals surface area contributed by atoms with Gasteiger partial charge in [-0.15, -0.1) is 0 Å². The van der Waals surface area contributed by atoms with E-state index in [1.54, 1.807) is 17.6 Å². The minimum absolute atomic E-state index is 0.227. The van der Waals surface area contributed by atoms with Crippen LogP contribution >= 0.6 is 0 Å². The molecule has 1 N–H and O–H groups in total. The summed E-state index contributed by atoms with van der Waals surface area (Å²) in [5, 5.41) is 4.00. The standard InChI is InChI=1S/C20H23F3N4O2/c1-14-10-16(12-24-25-19(28)13-26-6-8-29-9-7-26)15(2)27(14)18-5-3-4-17(11-18)20(21,22)23/h3-5,10-12H,6-9,13H2,1-2H3,(H,25,28)/b24-12+. The molecule has 1 aliphatic rings. The molecule has 1 saturated heterocycles. The number of nitrogens with zero attached hydrogens (tertiary/aromatic N) is 3. The van der Waals surface area contributed by atoms with Crippen molar-refractivity contribution in [3.63, 3.8) is 0 Å². The number of carbonyl (C=O) groups excluding carboxylic acids is 1. The molecule has 2 aromatic rings. The van der Waals surface area contributed by atoms with Crippen LogP contribution in [-0.2, 0) is 15.7 Å². The van der Waals surface area contributed by atoms with Crippen LogP contribution in [0, 0.1) is 13.8 Å². The number of hydrazone groups is 1. The molecule has 0 bridgehead atoms. The topological polar surface area (TPSA) is 58.9 Å². The lowest BCUT2D eigenvalue weighted by molar-refractivity contribution is -0.137. The highest BCUT2D eigenvalue weighted by atomic mass is 19.4. The average molecular weight is 408 g/mol. The molecule has 156 valence electrons. The van der Waals surface area contributed by atoms with E-state index in [0.29, 0.717) is 37.6 Å². The van der Waals surface area contributed by atoms with Gasteiger partial charge >= 0.3 is 6.18 Å². The Balaban J connectivity index is 1.71. The van der Waals surface area contributed by atoms with Gasteiger partial charge in [-0.1, -0.05) is 6.07 Å². The van der Waals surface area contributed by atoms with Gasteiger partial charge in [0.15, 0.2) is 0 Å². The fourth-order valence-corrected chi connectivity index (χ4v) is 3.31. The Morgan fingerprint density at radius 3 is 2.66 bits per heavy atom. The SMILES string of the molecule is Cc1cc(/C=N/NC(=O)CN2CCOCC2)c(C)n1-c1cccc(C(F)(F)F)c1. The summed E-state index contributed by atoms with van der Waals surface area (Å²) in [5.41, 5.74) is 4.43. The second-order valence-electron chi connectivity index (χ2n) is 6.89. The van der Waals surface area contributed by atoms with Gasteiger partial charge in [0, 0.05) is 35.7 Å². The molecule has 0 atom stereocenters. The van der Waals surface area contributed by atoms with Gasteiger partial charge in [0.1, 0.15) is 0 Å². The third-order valence-electron chi connectivity index (χ3n) is 4.77. The Morgan fingerprint density at radius 1 is 1.24 bits per heavy atom. The number of hydrogen-bond acceptors (Lipinski definition) is 4. The Bertz CT molecular complexity index is 900. The summed E-state index contributed by atoms with van der Waals surface area (Å²) in [6, 6.07) is 6.99. The lowest BCUT2D eigenvalue weighted by Crippen LogP contribution is -2.42. The van der Waals surface area contributed by atoms with Crippen molar-refractivity contribution in [1.29, 1.82) is 0 Å². The lowest BCUT2D eigenvalue weighted by Gasteiger charge is -2.25. The van der Waals surface area contributed by atoms with Crippen molar-refractivity contribution in [2.24, 2.45) is 5.10 Å². The maximum atomic E-state index is 13.0. The number of ether oxygens (including phenoxy) is 1. The Hall–Kier alpha value is -2.65. The van der Waals surface area contributed by atoms with Crippen molar-refractivity contribution in [2.45, 2.75) is 20.0 Å². The van der Waals surface area contributed by atoms with Crippen LogP contribution in [0.1, 0.15) is 22.5 Å². The molecule has 2 heterocycles. The third-order valence-corrected chi connectivity index (χ3v) is 4.77. The summed E-state index contributed by atoms with van der Waals surface area (Å²) >= 11 is 0. The maximum Gasteiger partial charge on any atom is 0.416 e. The molecule has 29 heavy (non-hydrogen) atoms. The van der Waals surface area contributed by atoms with Crippen molar-refractivity contribution in [3.8, 4) is 5.69 Å². The maximum absolute atomic E-state index is 13.0. The molecule has 9 heteroatoms. The number of nitrogens with one attached hydrogen (secondary N) is 1.